The van der Waals surface area contributed by atoms with Gasteiger partial charge in [0.2, 0.25) is 0 Å². The molecule has 132 valence electrons. The lowest BCUT2D eigenvalue weighted by molar-refractivity contribution is 1.12. The summed E-state index contributed by atoms with van der Waals surface area (Å²) in [7, 11) is 0. The van der Waals surface area contributed by atoms with Gasteiger partial charge in [-0.25, -0.2) is 0 Å². The zero-order valence-corrected chi connectivity index (χ0v) is 15.1. The minimum absolute atomic E-state index is 0.988. The molecular weight excluding hydrogens is 342 g/mol. The molecule has 3 nitrogen and oxygen atoms in total. The second-order valence-corrected chi connectivity index (χ2v) is 7.04. The van der Waals surface area contributed by atoms with Crippen LogP contribution in [0.25, 0.3) is 49.7 Å². The summed E-state index contributed by atoms with van der Waals surface area (Å²) in [5.41, 5.74) is 6.73. The summed E-state index contributed by atoms with van der Waals surface area (Å²) in [5, 5.41) is 11.4. The summed E-state index contributed by atoms with van der Waals surface area (Å²) in [5.74, 6) is 0. The van der Waals surface area contributed by atoms with Crippen molar-refractivity contribution in [3.05, 3.63) is 97.1 Å². The molecule has 0 saturated carbocycles. The third kappa shape index (κ3) is 2.13. The number of H-pyrrole nitrogens is 1. The van der Waals surface area contributed by atoms with Crippen LogP contribution in [-0.2, 0) is 0 Å². The SMILES string of the molecule is c1ccc(-n2c3ccccc3c3ccc(-c4n[nH]c5ccccc45)cc32)cc1. The van der Waals surface area contributed by atoms with Crippen molar-refractivity contribution in [1.82, 2.24) is 14.8 Å². The average Bonchev–Trinajstić information content (AvgIpc) is 3.33. The molecule has 4 aromatic carbocycles. The molecule has 28 heavy (non-hydrogen) atoms. The highest BCUT2D eigenvalue weighted by Crippen LogP contribution is 2.35. The molecule has 0 unspecified atom stereocenters. The van der Waals surface area contributed by atoms with Gasteiger partial charge in [-0.2, -0.15) is 5.10 Å². The van der Waals surface area contributed by atoms with E-state index in [-0.39, 0.29) is 0 Å². The van der Waals surface area contributed by atoms with Crippen molar-refractivity contribution in [2.24, 2.45) is 0 Å². The smallest absolute Gasteiger partial charge is 0.1000 e. The quantitative estimate of drug-likeness (QED) is 0.385. The van der Waals surface area contributed by atoms with Crippen LogP contribution in [0.4, 0.5) is 0 Å². The molecule has 6 aromatic rings. The topological polar surface area (TPSA) is 33.6 Å². The second-order valence-electron chi connectivity index (χ2n) is 7.04. The Bertz CT molecular complexity index is 1460. The molecule has 0 radical (unpaired) electrons. The number of hydrogen-bond donors (Lipinski definition) is 1. The number of nitrogens with one attached hydrogen (secondary N) is 1. The van der Waals surface area contributed by atoms with Crippen molar-refractivity contribution in [3.8, 4) is 16.9 Å². The lowest BCUT2D eigenvalue weighted by atomic mass is 10.1. The fraction of sp³-hybridized carbons (Fsp3) is 0. The Morgan fingerprint density at radius 1 is 0.607 bits per heavy atom. The van der Waals surface area contributed by atoms with Crippen LogP contribution in [0.1, 0.15) is 0 Å². The van der Waals surface area contributed by atoms with Gasteiger partial charge < -0.3 is 4.57 Å². The molecule has 2 aromatic heterocycles. The van der Waals surface area contributed by atoms with Crippen molar-refractivity contribution in [2.45, 2.75) is 0 Å². The van der Waals surface area contributed by atoms with Gasteiger partial charge in [0.25, 0.3) is 0 Å². The van der Waals surface area contributed by atoms with E-state index in [9.17, 15) is 0 Å². The van der Waals surface area contributed by atoms with E-state index >= 15 is 0 Å². The Morgan fingerprint density at radius 3 is 2.21 bits per heavy atom. The number of para-hydroxylation sites is 3. The maximum absolute atomic E-state index is 4.59. The highest BCUT2D eigenvalue weighted by molar-refractivity contribution is 6.10. The maximum atomic E-state index is 4.59. The van der Waals surface area contributed by atoms with Crippen LogP contribution in [0, 0.1) is 0 Å². The number of aromatic amines is 1. The van der Waals surface area contributed by atoms with E-state index in [2.05, 4.69) is 106 Å². The lowest BCUT2D eigenvalue weighted by Gasteiger charge is -2.08. The molecule has 0 aliphatic heterocycles. The van der Waals surface area contributed by atoms with E-state index in [0.717, 1.165) is 27.8 Å². The van der Waals surface area contributed by atoms with E-state index in [1.54, 1.807) is 0 Å². The van der Waals surface area contributed by atoms with Crippen molar-refractivity contribution < 1.29 is 0 Å². The first-order valence-corrected chi connectivity index (χ1v) is 9.42. The Kier molecular flexibility index (Phi) is 3.17. The molecule has 0 aliphatic carbocycles. The maximum Gasteiger partial charge on any atom is 0.1000 e. The average molecular weight is 359 g/mol. The normalized spacial score (nSPS) is 11.6. The van der Waals surface area contributed by atoms with Crippen LogP contribution in [0.5, 0.6) is 0 Å². The van der Waals surface area contributed by atoms with Crippen LogP contribution in [0.2, 0.25) is 0 Å². The van der Waals surface area contributed by atoms with E-state index in [1.807, 2.05) is 6.07 Å². The van der Waals surface area contributed by atoms with Gasteiger partial charge in [-0.05, 0) is 30.3 Å². The molecule has 3 heteroatoms. The monoisotopic (exact) mass is 359 g/mol. The zero-order valence-electron chi connectivity index (χ0n) is 15.1. The Morgan fingerprint density at radius 2 is 1.32 bits per heavy atom. The fourth-order valence-corrected chi connectivity index (χ4v) is 4.16. The summed E-state index contributed by atoms with van der Waals surface area (Å²) in [6.07, 6.45) is 0. The van der Waals surface area contributed by atoms with Gasteiger partial charge >= 0.3 is 0 Å². The van der Waals surface area contributed by atoms with E-state index < -0.39 is 0 Å². The van der Waals surface area contributed by atoms with Gasteiger partial charge in [-0.15, -0.1) is 0 Å². The number of rotatable bonds is 2. The second kappa shape index (κ2) is 5.83. The molecule has 0 saturated heterocycles. The highest BCUT2D eigenvalue weighted by atomic mass is 15.1. The molecule has 0 spiro atoms. The van der Waals surface area contributed by atoms with Crippen molar-refractivity contribution in [3.63, 3.8) is 0 Å². The Balaban J connectivity index is 1.70. The molecule has 2 heterocycles. The first-order chi connectivity index (χ1) is 13.9. The lowest BCUT2D eigenvalue weighted by Crippen LogP contribution is -1.93. The highest BCUT2D eigenvalue weighted by Gasteiger charge is 2.14. The number of fused-ring (bicyclic) bond motifs is 4. The summed E-state index contributed by atoms with van der Waals surface area (Å²) < 4.78 is 2.34. The number of aromatic nitrogens is 3. The van der Waals surface area contributed by atoms with Gasteiger partial charge in [0, 0.05) is 27.4 Å². The van der Waals surface area contributed by atoms with Crippen LogP contribution < -0.4 is 0 Å². The first kappa shape index (κ1) is 15.2. The molecular formula is C25H17N3. The van der Waals surface area contributed by atoms with Crippen LogP contribution in [-0.4, -0.2) is 14.8 Å². The van der Waals surface area contributed by atoms with E-state index in [1.165, 1.54) is 21.8 Å². The molecule has 0 aliphatic rings. The third-order valence-corrected chi connectivity index (χ3v) is 5.43. The molecule has 0 fully saturated rings. The van der Waals surface area contributed by atoms with E-state index in [4.69, 9.17) is 0 Å². The third-order valence-electron chi connectivity index (χ3n) is 5.43. The van der Waals surface area contributed by atoms with Gasteiger partial charge in [0.05, 0.1) is 22.2 Å². The molecule has 0 amide bonds. The van der Waals surface area contributed by atoms with Gasteiger partial charge in [0.15, 0.2) is 0 Å². The van der Waals surface area contributed by atoms with Crippen molar-refractivity contribution in [2.75, 3.05) is 0 Å². The van der Waals surface area contributed by atoms with E-state index in [0.29, 0.717) is 0 Å². The molecule has 0 atom stereocenters. The summed E-state index contributed by atoms with van der Waals surface area (Å²) >= 11 is 0. The Labute approximate surface area is 161 Å². The number of hydrogen-bond acceptors (Lipinski definition) is 1. The predicted octanol–water partition coefficient (Wildman–Crippen LogP) is 6.33. The van der Waals surface area contributed by atoms with Gasteiger partial charge in [0.1, 0.15) is 0 Å². The molecule has 1 N–H and O–H groups in total. The van der Waals surface area contributed by atoms with Crippen molar-refractivity contribution >= 4 is 32.7 Å². The zero-order chi connectivity index (χ0) is 18.5. The minimum atomic E-state index is 0.988. The molecule has 0 bridgehead atoms. The molecule has 6 rings (SSSR count). The Hall–Kier alpha value is -3.85. The van der Waals surface area contributed by atoms with Crippen molar-refractivity contribution in [1.29, 1.82) is 0 Å². The first-order valence-electron chi connectivity index (χ1n) is 9.42. The number of nitrogens with zero attached hydrogens (tertiary/aromatic N) is 2. The van der Waals surface area contributed by atoms with Crippen LogP contribution in [0.15, 0.2) is 97.1 Å². The van der Waals surface area contributed by atoms with Gasteiger partial charge in [-0.3, -0.25) is 5.10 Å². The predicted molar refractivity (Wildman–Crippen MR) is 116 cm³/mol. The number of benzene rings is 4. The fourth-order valence-electron chi connectivity index (χ4n) is 4.16. The minimum Gasteiger partial charge on any atom is -0.309 e. The summed E-state index contributed by atoms with van der Waals surface area (Å²) in [6, 6.07) is 34.0. The summed E-state index contributed by atoms with van der Waals surface area (Å²) in [4.78, 5) is 0. The largest absolute Gasteiger partial charge is 0.309 e. The van der Waals surface area contributed by atoms with Crippen LogP contribution >= 0.6 is 0 Å². The summed E-state index contributed by atoms with van der Waals surface area (Å²) in [6.45, 7) is 0. The van der Waals surface area contributed by atoms with Crippen LogP contribution in [0.3, 0.4) is 0 Å². The standard InChI is InChI=1S/C25H17N3/c1-2-8-18(9-3-1)28-23-13-7-5-10-19(23)20-15-14-17(16-24(20)28)25-21-11-4-6-12-22(21)26-27-25/h1-16H,(H,26,27). The van der Waals surface area contributed by atoms with Gasteiger partial charge in [-0.1, -0.05) is 66.7 Å².